The lowest BCUT2D eigenvalue weighted by Gasteiger charge is -2.08. The third-order valence-electron chi connectivity index (χ3n) is 4.88. The molecule has 34 heavy (non-hydrogen) atoms. The van der Waals surface area contributed by atoms with Gasteiger partial charge >= 0.3 is 6.18 Å². The highest BCUT2D eigenvalue weighted by Crippen LogP contribution is 2.40. The Labute approximate surface area is 202 Å². The second-order valence-corrected chi connectivity index (χ2v) is 10.5. The lowest BCUT2D eigenvalue weighted by atomic mass is 9.99. The smallest absolute Gasteiger partial charge is 0.395 e. The quantitative estimate of drug-likeness (QED) is 0.294. The van der Waals surface area contributed by atoms with Crippen molar-refractivity contribution in [2.75, 3.05) is 32.6 Å². The van der Waals surface area contributed by atoms with Gasteiger partial charge in [0, 0.05) is 27.1 Å². The minimum absolute atomic E-state index is 0.136. The van der Waals surface area contributed by atoms with Gasteiger partial charge in [-0.25, -0.2) is 0 Å². The van der Waals surface area contributed by atoms with Gasteiger partial charge in [-0.15, -0.1) is 11.3 Å². The molecular weight excluding hydrogens is 487 g/mol. The number of benzene rings is 2. The van der Waals surface area contributed by atoms with Crippen LogP contribution in [0.4, 0.5) is 13.2 Å². The number of likely N-dealkylation sites (N-methyl/N-ethyl adjacent to an activating group) is 1. The maximum atomic E-state index is 12.8. The minimum atomic E-state index is -4.35. The number of halogens is 3. The molecule has 0 bridgehead atoms. The van der Waals surface area contributed by atoms with Crippen molar-refractivity contribution in [3.63, 3.8) is 0 Å². The molecule has 3 rings (SSSR count). The molecule has 0 saturated heterocycles. The van der Waals surface area contributed by atoms with E-state index in [4.69, 9.17) is 9.29 Å². The zero-order valence-corrected chi connectivity index (χ0v) is 21.0. The summed E-state index contributed by atoms with van der Waals surface area (Å²) in [5.74, 6) is 0. The van der Waals surface area contributed by atoms with Crippen LogP contribution in [-0.2, 0) is 26.9 Å². The van der Waals surface area contributed by atoms with Crippen LogP contribution in [0.5, 0.6) is 0 Å². The number of aliphatic hydroxyl groups excluding tert-OH is 1. The normalized spacial score (nSPS) is 12.0. The first-order valence-corrected chi connectivity index (χ1v) is 13.4. The van der Waals surface area contributed by atoms with Crippen molar-refractivity contribution in [2.45, 2.75) is 32.9 Å². The Kier molecular flexibility index (Phi) is 10.5. The highest BCUT2D eigenvalue weighted by atomic mass is 32.2. The van der Waals surface area contributed by atoms with Gasteiger partial charge in [-0.2, -0.15) is 21.6 Å². The van der Waals surface area contributed by atoms with Crippen LogP contribution in [0.25, 0.3) is 21.2 Å². The molecule has 2 N–H and O–H groups in total. The summed E-state index contributed by atoms with van der Waals surface area (Å²) in [5.41, 5.74) is 2.10. The lowest BCUT2D eigenvalue weighted by Crippen LogP contribution is -2.16. The third kappa shape index (κ3) is 8.66. The monoisotopic (exact) mass is 517 g/mol. The number of nitrogens with one attached hydrogen (secondary N) is 1. The van der Waals surface area contributed by atoms with Crippen molar-refractivity contribution < 1.29 is 30.9 Å². The van der Waals surface area contributed by atoms with E-state index in [1.807, 2.05) is 32.0 Å². The van der Waals surface area contributed by atoms with Crippen LogP contribution in [0.3, 0.4) is 0 Å². The molecular formula is C24H30F3NO4S2. The molecule has 0 unspecified atom stereocenters. The topological polar surface area (TPSA) is 75.6 Å². The summed E-state index contributed by atoms with van der Waals surface area (Å²) in [6.45, 7) is 6.01. The van der Waals surface area contributed by atoms with Gasteiger partial charge in [0.25, 0.3) is 10.1 Å². The van der Waals surface area contributed by atoms with E-state index in [0.29, 0.717) is 12.8 Å². The van der Waals surface area contributed by atoms with E-state index in [0.717, 1.165) is 63.1 Å². The molecule has 0 radical (unpaired) electrons. The van der Waals surface area contributed by atoms with E-state index in [2.05, 4.69) is 5.32 Å². The van der Waals surface area contributed by atoms with Gasteiger partial charge in [-0.3, -0.25) is 4.18 Å². The van der Waals surface area contributed by atoms with Gasteiger partial charge in [0.2, 0.25) is 0 Å². The summed E-state index contributed by atoms with van der Waals surface area (Å²) >= 11 is 1.59. The van der Waals surface area contributed by atoms with Crippen molar-refractivity contribution in [3.8, 4) is 11.1 Å². The maximum Gasteiger partial charge on any atom is 0.416 e. The number of aliphatic hydroxyl groups is 1. The van der Waals surface area contributed by atoms with Gasteiger partial charge in [-0.1, -0.05) is 31.2 Å². The van der Waals surface area contributed by atoms with Gasteiger partial charge in [-0.05, 0) is 55.6 Å². The Morgan fingerprint density at radius 1 is 1.12 bits per heavy atom. The van der Waals surface area contributed by atoms with Crippen molar-refractivity contribution in [3.05, 3.63) is 58.5 Å². The number of alkyl halides is 3. The molecule has 188 valence electrons. The molecule has 0 amide bonds. The summed E-state index contributed by atoms with van der Waals surface area (Å²) in [6, 6.07) is 11.2. The molecule has 1 heterocycles. The lowest BCUT2D eigenvalue weighted by molar-refractivity contribution is -0.137. The van der Waals surface area contributed by atoms with Crippen LogP contribution < -0.4 is 5.32 Å². The predicted octanol–water partition coefficient (Wildman–Crippen LogP) is 5.39. The zero-order chi connectivity index (χ0) is 25.4. The molecule has 0 aliphatic heterocycles. The van der Waals surface area contributed by atoms with E-state index in [1.54, 1.807) is 11.3 Å². The molecule has 0 aliphatic carbocycles. The first-order chi connectivity index (χ1) is 16.0. The fraction of sp³-hybridized carbons (Fsp3) is 0.417. The summed E-state index contributed by atoms with van der Waals surface area (Å²) < 4.78 is 66.1. The number of rotatable bonds is 9. The Morgan fingerprint density at radius 2 is 1.79 bits per heavy atom. The Bertz CT molecular complexity index is 1150. The number of aryl methyl sites for hydroxylation is 2. The third-order valence-corrected chi connectivity index (χ3v) is 6.54. The molecule has 2 aromatic carbocycles. The molecule has 0 aliphatic rings. The number of thiophene rings is 1. The van der Waals surface area contributed by atoms with Gasteiger partial charge in [0.15, 0.2) is 0 Å². The SMILES string of the molecule is CCNCCO.Cc1sc2cc(CCCOS(C)(=O)=O)ccc2c1-c1ccc(C(F)(F)F)cc1. The molecule has 1 aromatic heterocycles. The fourth-order valence-corrected chi connectivity index (χ4v) is 4.92. The van der Waals surface area contributed by atoms with Crippen LogP contribution in [0.15, 0.2) is 42.5 Å². The second kappa shape index (κ2) is 12.6. The zero-order valence-electron chi connectivity index (χ0n) is 19.4. The van der Waals surface area contributed by atoms with E-state index in [9.17, 15) is 21.6 Å². The average Bonchev–Trinajstić information content (AvgIpc) is 3.09. The van der Waals surface area contributed by atoms with E-state index >= 15 is 0 Å². The van der Waals surface area contributed by atoms with Crippen LogP contribution >= 0.6 is 11.3 Å². The van der Waals surface area contributed by atoms with Crippen LogP contribution in [0.2, 0.25) is 0 Å². The number of fused-ring (bicyclic) bond motifs is 1. The predicted molar refractivity (Wildman–Crippen MR) is 132 cm³/mol. The Morgan fingerprint density at radius 3 is 2.32 bits per heavy atom. The van der Waals surface area contributed by atoms with E-state index in [-0.39, 0.29) is 13.2 Å². The Hall–Kier alpha value is -1.98. The minimum Gasteiger partial charge on any atom is -0.395 e. The van der Waals surface area contributed by atoms with Crippen molar-refractivity contribution in [1.82, 2.24) is 5.32 Å². The summed E-state index contributed by atoms with van der Waals surface area (Å²) in [4.78, 5) is 1.03. The second-order valence-electron chi connectivity index (χ2n) is 7.65. The Balaban J connectivity index is 0.000000604. The summed E-state index contributed by atoms with van der Waals surface area (Å²) in [6.07, 6.45) is -2.07. The van der Waals surface area contributed by atoms with Crippen molar-refractivity contribution >= 4 is 31.5 Å². The molecule has 5 nitrogen and oxygen atoms in total. The van der Waals surface area contributed by atoms with Crippen molar-refractivity contribution in [1.29, 1.82) is 0 Å². The molecule has 0 fully saturated rings. The summed E-state index contributed by atoms with van der Waals surface area (Å²) in [5, 5.41) is 12.1. The molecule has 0 atom stereocenters. The molecule has 0 saturated carbocycles. The summed E-state index contributed by atoms with van der Waals surface area (Å²) in [7, 11) is -3.43. The number of hydrogen-bond acceptors (Lipinski definition) is 6. The molecule has 0 spiro atoms. The highest BCUT2D eigenvalue weighted by molar-refractivity contribution is 7.85. The van der Waals surface area contributed by atoms with E-state index < -0.39 is 21.9 Å². The first-order valence-electron chi connectivity index (χ1n) is 10.8. The van der Waals surface area contributed by atoms with E-state index in [1.165, 1.54) is 12.1 Å². The standard InChI is InChI=1S/C20H19F3O3S2.C4H11NO/c1-13-19(15-6-8-16(9-7-15)20(21,22)23)17-10-5-14(12-18(17)27-13)4-3-11-26-28(2,24)25;1-2-5-3-4-6/h5-10,12H,3-4,11H2,1-2H3;5-6H,2-4H2,1H3. The molecule has 3 aromatic rings. The fourth-order valence-electron chi connectivity index (χ4n) is 3.35. The maximum absolute atomic E-state index is 12.8. The van der Waals surface area contributed by atoms with Gasteiger partial charge in [0.1, 0.15) is 0 Å². The van der Waals surface area contributed by atoms with Crippen LogP contribution in [0, 0.1) is 6.92 Å². The van der Waals surface area contributed by atoms with Crippen LogP contribution in [-0.4, -0.2) is 46.1 Å². The number of hydrogen-bond donors (Lipinski definition) is 2. The van der Waals surface area contributed by atoms with Crippen molar-refractivity contribution in [2.24, 2.45) is 0 Å². The average molecular weight is 518 g/mol. The first kappa shape index (κ1) is 28.3. The van der Waals surface area contributed by atoms with Gasteiger partial charge in [0.05, 0.1) is 25.0 Å². The van der Waals surface area contributed by atoms with Crippen LogP contribution in [0.1, 0.15) is 29.3 Å². The highest BCUT2D eigenvalue weighted by Gasteiger charge is 2.30. The largest absolute Gasteiger partial charge is 0.416 e. The van der Waals surface area contributed by atoms with Gasteiger partial charge < -0.3 is 10.4 Å². The molecule has 10 heteroatoms.